The summed E-state index contributed by atoms with van der Waals surface area (Å²) in [5, 5.41) is 11.7. The molecule has 3 heterocycles. The lowest BCUT2D eigenvalue weighted by molar-refractivity contribution is -0.127. The molecule has 1 aromatic rings. The topological polar surface area (TPSA) is 61.4 Å². The molecule has 0 aromatic carbocycles. The maximum absolute atomic E-state index is 11.6. The molecule has 1 atom stereocenters. The molecule has 0 radical (unpaired) electrons. The number of carbonyl (C=O) groups is 1. The summed E-state index contributed by atoms with van der Waals surface area (Å²) in [5.41, 5.74) is 0. The van der Waals surface area contributed by atoms with Crippen LogP contribution in [-0.4, -0.2) is 59.8 Å². The van der Waals surface area contributed by atoms with E-state index in [1.165, 1.54) is 6.42 Å². The van der Waals surface area contributed by atoms with E-state index >= 15 is 0 Å². The van der Waals surface area contributed by atoms with E-state index in [4.69, 9.17) is 0 Å². The van der Waals surface area contributed by atoms with Crippen molar-refractivity contribution in [3.63, 3.8) is 0 Å². The van der Waals surface area contributed by atoms with Crippen LogP contribution in [0.15, 0.2) is 18.3 Å². The zero-order chi connectivity index (χ0) is 14.5. The van der Waals surface area contributed by atoms with Gasteiger partial charge in [0.25, 0.3) is 0 Å². The Balaban J connectivity index is 1.44. The standard InChI is InChI=1S/C15H23N5O/c21-15-6-3-9-19(15)11-8-16-13-4-2-10-20(12-13)14-5-1-7-17-18-14/h1,5,7,13,16H,2-4,6,8-12H2/t13-/m1/s1. The van der Waals surface area contributed by atoms with Gasteiger partial charge in [0.15, 0.2) is 5.82 Å². The summed E-state index contributed by atoms with van der Waals surface area (Å²) in [6.45, 7) is 4.65. The molecule has 6 heteroatoms. The van der Waals surface area contributed by atoms with E-state index in [1.807, 2.05) is 17.0 Å². The average molecular weight is 289 g/mol. The Morgan fingerprint density at radius 2 is 2.29 bits per heavy atom. The summed E-state index contributed by atoms with van der Waals surface area (Å²) >= 11 is 0. The molecule has 0 spiro atoms. The number of hydrogen-bond acceptors (Lipinski definition) is 5. The van der Waals surface area contributed by atoms with Crippen molar-refractivity contribution in [2.24, 2.45) is 0 Å². The number of piperidine rings is 1. The first-order chi connectivity index (χ1) is 10.3. The number of hydrogen-bond donors (Lipinski definition) is 1. The van der Waals surface area contributed by atoms with E-state index < -0.39 is 0 Å². The van der Waals surface area contributed by atoms with Crippen LogP contribution in [0.1, 0.15) is 25.7 Å². The van der Waals surface area contributed by atoms with Crippen LogP contribution in [0.4, 0.5) is 5.82 Å². The minimum Gasteiger partial charge on any atom is -0.354 e. The Bertz CT molecular complexity index is 466. The number of rotatable bonds is 5. The SMILES string of the molecule is O=C1CCCN1CCN[C@@H]1CCCN(c2cccnn2)C1. The second-order valence-corrected chi connectivity index (χ2v) is 5.81. The maximum Gasteiger partial charge on any atom is 0.222 e. The number of likely N-dealkylation sites (tertiary alicyclic amines) is 1. The molecule has 3 rings (SSSR count). The molecule has 2 aliphatic heterocycles. The van der Waals surface area contributed by atoms with Crippen molar-refractivity contribution >= 4 is 11.7 Å². The fraction of sp³-hybridized carbons (Fsp3) is 0.667. The molecule has 2 saturated heterocycles. The van der Waals surface area contributed by atoms with Crippen LogP contribution in [0.2, 0.25) is 0 Å². The number of carbonyl (C=O) groups excluding carboxylic acids is 1. The van der Waals surface area contributed by atoms with Crippen molar-refractivity contribution in [2.45, 2.75) is 31.7 Å². The van der Waals surface area contributed by atoms with E-state index in [0.29, 0.717) is 11.9 Å². The highest BCUT2D eigenvalue weighted by Crippen LogP contribution is 2.16. The Hall–Kier alpha value is -1.69. The maximum atomic E-state index is 11.6. The summed E-state index contributed by atoms with van der Waals surface area (Å²) in [4.78, 5) is 15.8. The van der Waals surface area contributed by atoms with Crippen LogP contribution >= 0.6 is 0 Å². The van der Waals surface area contributed by atoms with Gasteiger partial charge >= 0.3 is 0 Å². The van der Waals surface area contributed by atoms with Gasteiger partial charge in [0, 0.05) is 51.4 Å². The summed E-state index contributed by atoms with van der Waals surface area (Å²) < 4.78 is 0. The van der Waals surface area contributed by atoms with Gasteiger partial charge in [-0.25, -0.2) is 0 Å². The molecule has 21 heavy (non-hydrogen) atoms. The third-order valence-corrected chi connectivity index (χ3v) is 4.29. The normalized spacial score (nSPS) is 22.9. The molecule has 6 nitrogen and oxygen atoms in total. The quantitative estimate of drug-likeness (QED) is 0.863. The minimum atomic E-state index is 0.307. The van der Waals surface area contributed by atoms with Crippen molar-refractivity contribution in [3.8, 4) is 0 Å². The molecular weight excluding hydrogens is 266 g/mol. The molecule has 0 saturated carbocycles. The van der Waals surface area contributed by atoms with E-state index in [2.05, 4.69) is 20.4 Å². The Labute approximate surface area is 125 Å². The number of anilines is 1. The first kappa shape index (κ1) is 14.3. The fourth-order valence-electron chi connectivity index (χ4n) is 3.16. The second-order valence-electron chi connectivity index (χ2n) is 5.81. The van der Waals surface area contributed by atoms with Crippen molar-refractivity contribution < 1.29 is 4.79 Å². The highest BCUT2D eigenvalue weighted by atomic mass is 16.2. The van der Waals surface area contributed by atoms with Crippen LogP contribution < -0.4 is 10.2 Å². The fourth-order valence-corrected chi connectivity index (χ4v) is 3.16. The monoisotopic (exact) mass is 289 g/mol. The summed E-state index contributed by atoms with van der Waals surface area (Å²) in [5.74, 6) is 1.26. The molecule has 0 unspecified atom stereocenters. The lowest BCUT2D eigenvalue weighted by atomic mass is 10.1. The smallest absolute Gasteiger partial charge is 0.222 e. The van der Waals surface area contributed by atoms with Crippen LogP contribution in [0, 0.1) is 0 Å². The van der Waals surface area contributed by atoms with Crippen LogP contribution in [0.3, 0.4) is 0 Å². The predicted molar refractivity (Wildman–Crippen MR) is 81.1 cm³/mol. The molecule has 0 aliphatic carbocycles. The van der Waals surface area contributed by atoms with Gasteiger partial charge in [-0.05, 0) is 31.4 Å². The third kappa shape index (κ3) is 3.69. The molecule has 2 fully saturated rings. The second kappa shape index (κ2) is 6.85. The molecular formula is C15H23N5O. The van der Waals surface area contributed by atoms with Crippen LogP contribution in [0.5, 0.6) is 0 Å². The van der Waals surface area contributed by atoms with Crippen molar-refractivity contribution in [1.82, 2.24) is 20.4 Å². The Morgan fingerprint density at radius 3 is 3.05 bits per heavy atom. The number of amides is 1. The van der Waals surface area contributed by atoms with E-state index in [1.54, 1.807) is 6.20 Å². The van der Waals surface area contributed by atoms with Gasteiger partial charge in [-0.3, -0.25) is 4.79 Å². The van der Waals surface area contributed by atoms with Crippen molar-refractivity contribution in [1.29, 1.82) is 0 Å². The van der Waals surface area contributed by atoms with Gasteiger partial charge in [0.2, 0.25) is 5.91 Å². The first-order valence-electron chi connectivity index (χ1n) is 7.87. The number of nitrogens with one attached hydrogen (secondary N) is 1. The Morgan fingerprint density at radius 1 is 1.33 bits per heavy atom. The Kier molecular flexibility index (Phi) is 4.65. The third-order valence-electron chi connectivity index (χ3n) is 4.29. The molecule has 1 aromatic heterocycles. The van der Waals surface area contributed by atoms with E-state index in [-0.39, 0.29) is 0 Å². The molecule has 114 valence electrons. The van der Waals surface area contributed by atoms with Gasteiger partial charge in [0.1, 0.15) is 0 Å². The lowest BCUT2D eigenvalue weighted by Gasteiger charge is -2.34. The average Bonchev–Trinajstić information content (AvgIpc) is 2.94. The minimum absolute atomic E-state index is 0.307. The number of aromatic nitrogens is 2. The number of nitrogens with zero attached hydrogens (tertiary/aromatic N) is 4. The van der Waals surface area contributed by atoms with Gasteiger partial charge in [0.05, 0.1) is 0 Å². The molecule has 0 bridgehead atoms. The van der Waals surface area contributed by atoms with Crippen LogP contribution in [-0.2, 0) is 4.79 Å². The van der Waals surface area contributed by atoms with E-state index in [0.717, 1.165) is 57.8 Å². The highest BCUT2D eigenvalue weighted by Gasteiger charge is 2.22. The van der Waals surface area contributed by atoms with Gasteiger partial charge < -0.3 is 15.1 Å². The highest BCUT2D eigenvalue weighted by molar-refractivity contribution is 5.78. The first-order valence-corrected chi connectivity index (χ1v) is 7.87. The van der Waals surface area contributed by atoms with Crippen LogP contribution in [0.25, 0.3) is 0 Å². The lowest BCUT2D eigenvalue weighted by Crippen LogP contribution is -2.48. The van der Waals surface area contributed by atoms with Gasteiger partial charge in [-0.2, -0.15) is 5.10 Å². The van der Waals surface area contributed by atoms with Gasteiger partial charge in [-0.1, -0.05) is 0 Å². The van der Waals surface area contributed by atoms with Crippen molar-refractivity contribution in [3.05, 3.63) is 18.3 Å². The predicted octanol–water partition coefficient (Wildman–Crippen LogP) is 0.657. The molecule has 1 amide bonds. The van der Waals surface area contributed by atoms with Gasteiger partial charge in [-0.15, -0.1) is 5.10 Å². The summed E-state index contributed by atoms with van der Waals surface area (Å²) in [6.07, 6.45) is 5.80. The summed E-state index contributed by atoms with van der Waals surface area (Å²) in [6, 6.07) is 4.41. The van der Waals surface area contributed by atoms with Crippen molar-refractivity contribution in [2.75, 3.05) is 37.6 Å². The largest absolute Gasteiger partial charge is 0.354 e. The zero-order valence-electron chi connectivity index (χ0n) is 12.4. The molecule has 1 N–H and O–H groups in total. The molecule has 2 aliphatic rings. The van der Waals surface area contributed by atoms with E-state index in [9.17, 15) is 4.79 Å². The zero-order valence-corrected chi connectivity index (χ0v) is 12.4. The summed E-state index contributed by atoms with van der Waals surface area (Å²) in [7, 11) is 0.